The standard InChI is InChI=1S/C12H17N3O.2ClH/c16-12(11-4-2-6-14-9-11)15-8-10-3-1-5-13-7-10;;/h2,4,6,9-10,13H,1,3,5,7-8H2,(H,15,16);2*1H. The Morgan fingerprint density at radius 3 is 2.94 bits per heavy atom. The molecule has 1 aromatic rings. The molecule has 18 heavy (non-hydrogen) atoms. The molecule has 2 rings (SSSR count). The molecule has 1 unspecified atom stereocenters. The topological polar surface area (TPSA) is 54.0 Å². The predicted octanol–water partition coefficient (Wildman–Crippen LogP) is 1.65. The van der Waals surface area contributed by atoms with Crippen LogP contribution in [0.15, 0.2) is 24.5 Å². The second-order valence-corrected chi connectivity index (χ2v) is 4.16. The molecule has 1 saturated heterocycles. The lowest BCUT2D eigenvalue weighted by Crippen LogP contribution is -2.38. The Labute approximate surface area is 120 Å². The van der Waals surface area contributed by atoms with Crippen molar-refractivity contribution >= 4 is 30.7 Å². The summed E-state index contributed by atoms with van der Waals surface area (Å²) in [5.74, 6) is 0.535. The van der Waals surface area contributed by atoms with E-state index in [0.29, 0.717) is 11.5 Å². The third-order valence-electron chi connectivity index (χ3n) is 2.87. The number of carbonyl (C=O) groups excluding carboxylic acids is 1. The minimum Gasteiger partial charge on any atom is -0.352 e. The molecule has 4 nitrogen and oxygen atoms in total. The highest BCUT2D eigenvalue weighted by atomic mass is 35.5. The van der Waals surface area contributed by atoms with Gasteiger partial charge in [-0.25, -0.2) is 0 Å². The lowest BCUT2D eigenvalue weighted by atomic mass is 10.00. The van der Waals surface area contributed by atoms with Gasteiger partial charge in [-0.3, -0.25) is 9.78 Å². The van der Waals surface area contributed by atoms with Crippen LogP contribution in [0.5, 0.6) is 0 Å². The van der Waals surface area contributed by atoms with E-state index in [1.54, 1.807) is 24.5 Å². The van der Waals surface area contributed by atoms with Crippen molar-refractivity contribution in [3.63, 3.8) is 0 Å². The second-order valence-electron chi connectivity index (χ2n) is 4.16. The highest BCUT2D eigenvalue weighted by molar-refractivity contribution is 5.93. The summed E-state index contributed by atoms with van der Waals surface area (Å²) in [6, 6.07) is 3.55. The van der Waals surface area contributed by atoms with Crippen LogP contribution in [0.3, 0.4) is 0 Å². The first kappa shape index (κ1) is 17.2. The Kier molecular flexibility index (Phi) is 8.71. The lowest BCUT2D eigenvalue weighted by Gasteiger charge is -2.22. The van der Waals surface area contributed by atoms with E-state index in [0.717, 1.165) is 19.6 Å². The first-order chi connectivity index (χ1) is 7.86. The molecule has 0 aliphatic carbocycles. The summed E-state index contributed by atoms with van der Waals surface area (Å²) >= 11 is 0. The number of rotatable bonds is 3. The van der Waals surface area contributed by atoms with E-state index in [-0.39, 0.29) is 30.7 Å². The van der Waals surface area contributed by atoms with Gasteiger partial charge < -0.3 is 10.6 Å². The third kappa shape index (κ3) is 5.21. The third-order valence-corrected chi connectivity index (χ3v) is 2.87. The zero-order valence-corrected chi connectivity index (χ0v) is 11.7. The molecule has 0 radical (unpaired) electrons. The molecule has 1 atom stereocenters. The van der Waals surface area contributed by atoms with Gasteiger partial charge in [0.05, 0.1) is 5.56 Å². The number of nitrogens with one attached hydrogen (secondary N) is 2. The largest absolute Gasteiger partial charge is 0.352 e. The maximum absolute atomic E-state index is 11.7. The van der Waals surface area contributed by atoms with Crippen LogP contribution in [0, 0.1) is 5.92 Å². The Morgan fingerprint density at radius 2 is 2.33 bits per heavy atom. The summed E-state index contributed by atoms with van der Waals surface area (Å²) < 4.78 is 0. The zero-order valence-electron chi connectivity index (χ0n) is 10.1. The molecule has 0 saturated carbocycles. The van der Waals surface area contributed by atoms with E-state index >= 15 is 0 Å². The van der Waals surface area contributed by atoms with E-state index in [2.05, 4.69) is 15.6 Å². The molecule has 1 aliphatic rings. The zero-order chi connectivity index (χ0) is 11.2. The quantitative estimate of drug-likeness (QED) is 0.891. The van der Waals surface area contributed by atoms with Gasteiger partial charge in [0.1, 0.15) is 0 Å². The maximum atomic E-state index is 11.7. The molecule has 0 bridgehead atoms. The van der Waals surface area contributed by atoms with Crippen LogP contribution in [0.1, 0.15) is 23.2 Å². The molecular formula is C12H19Cl2N3O. The number of pyridine rings is 1. The van der Waals surface area contributed by atoms with Crippen LogP contribution >= 0.6 is 24.8 Å². The SMILES string of the molecule is Cl.Cl.O=C(NCC1CCCNC1)c1cccnc1. The average Bonchev–Trinajstić information content (AvgIpc) is 2.38. The van der Waals surface area contributed by atoms with Crippen molar-refractivity contribution in [1.29, 1.82) is 0 Å². The van der Waals surface area contributed by atoms with Gasteiger partial charge in [-0.15, -0.1) is 24.8 Å². The predicted molar refractivity (Wildman–Crippen MR) is 76.7 cm³/mol. The normalized spacial score (nSPS) is 18.1. The Balaban J connectivity index is 0.00000144. The molecule has 0 spiro atoms. The minimum absolute atomic E-state index is 0. The van der Waals surface area contributed by atoms with Crippen LogP contribution in [-0.2, 0) is 0 Å². The first-order valence-corrected chi connectivity index (χ1v) is 5.75. The van der Waals surface area contributed by atoms with Crippen LogP contribution in [0.2, 0.25) is 0 Å². The number of hydrogen-bond acceptors (Lipinski definition) is 3. The number of aromatic nitrogens is 1. The van der Waals surface area contributed by atoms with Crippen LogP contribution in [0.25, 0.3) is 0 Å². The number of hydrogen-bond donors (Lipinski definition) is 2. The highest BCUT2D eigenvalue weighted by Gasteiger charge is 2.14. The molecular weight excluding hydrogens is 273 g/mol. The molecule has 102 valence electrons. The van der Waals surface area contributed by atoms with Crippen molar-refractivity contribution in [3.8, 4) is 0 Å². The Hall–Kier alpha value is -0.840. The second kappa shape index (κ2) is 9.14. The van der Waals surface area contributed by atoms with Crippen molar-refractivity contribution < 1.29 is 4.79 Å². The van der Waals surface area contributed by atoms with Crippen LogP contribution in [0.4, 0.5) is 0 Å². The van der Waals surface area contributed by atoms with Crippen molar-refractivity contribution in [1.82, 2.24) is 15.6 Å². The summed E-state index contributed by atoms with van der Waals surface area (Å²) in [6.45, 7) is 2.86. The monoisotopic (exact) mass is 291 g/mol. The molecule has 1 amide bonds. The van der Waals surface area contributed by atoms with Crippen molar-refractivity contribution in [2.45, 2.75) is 12.8 Å². The summed E-state index contributed by atoms with van der Waals surface area (Å²) in [6.07, 6.45) is 5.66. The van der Waals surface area contributed by atoms with Gasteiger partial charge in [0.2, 0.25) is 0 Å². The number of piperidine rings is 1. The van der Waals surface area contributed by atoms with E-state index in [4.69, 9.17) is 0 Å². The summed E-state index contributed by atoms with van der Waals surface area (Å²) in [4.78, 5) is 15.6. The van der Waals surface area contributed by atoms with Crippen LogP contribution < -0.4 is 10.6 Å². The summed E-state index contributed by atoms with van der Waals surface area (Å²) in [7, 11) is 0. The fourth-order valence-electron chi connectivity index (χ4n) is 1.93. The van der Waals surface area contributed by atoms with E-state index < -0.39 is 0 Å². The maximum Gasteiger partial charge on any atom is 0.252 e. The van der Waals surface area contributed by atoms with Crippen molar-refractivity contribution in [2.75, 3.05) is 19.6 Å². The summed E-state index contributed by atoms with van der Waals surface area (Å²) in [5, 5.41) is 6.28. The van der Waals surface area contributed by atoms with Gasteiger partial charge in [0.15, 0.2) is 0 Å². The van der Waals surface area contributed by atoms with Gasteiger partial charge in [-0.1, -0.05) is 0 Å². The van der Waals surface area contributed by atoms with Gasteiger partial charge in [-0.2, -0.15) is 0 Å². The summed E-state index contributed by atoms with van der Waals surface area (Å²) in [5.41, 5.74) is 0.631. The Morgan fingerprint density at radius 1 is 1.50 bits per heavy atom. The van der Waals surface area contributed by atoms with E-state index in [9.17, 15) is 4.79 Å². The van der Waals surface area contributed by atoms with Gasteiger partial charge in [0, 0.05) is 18.9 Å². The van der Waals surface area contributed by atoms with E-state index in [1.165, 1.54) is 12.8 Å². The molecule has 6 heteroatoms. The fourth-order valence-corrected chi connectivity index (χ4v) is 1.93. The molecule has 1 aliphatic heterocycles. The lowest BCUT2D eigenvalue weighted by molar-refractivity contribution is 0.0944. The number of nitrogens with zero attached hydrogens (tertiary/aromatic N) is 1. The number of carbonyl (C=O) groups is 1. The molecule has 2 N–H and O–H groups in total. The van der Waals surface area contributed by atoms with Crippen molar-refractivity contribution in [2.24, 2.45) is 5.92 Å². The van der Waals surface area contributed by atoms with Crippen LogP contribution in [-0.4, -0.2) is 30.5 Å². The van der Waals surface area contributed by atoms with E-state index in [1.807, 2.05) is 0 Å². The minimum atomic E-state index is -0.0290. The number of halogens is 2. The fraction of sp³-hybridized carbons (Fsp3) is 0.500. The number of amides is 1. The highest BCUT2D eigenvalue weighted by Crippen LogP contribution is 2.08. The van der Waals surface area contributed by atoms with Crippen molar-refractivity contribution in [3.05, 3.63) is 30.1 Å². The Bertz CT molecular complexity index is 342. The first-order valence-electron chi connectivity index (χ1n) is 5.75. The molecule has 1 fully saturated rings. The average molecular weight is 292 g/mol. The molecule has 0 aromatic carbocycles. The molecule has 2 heterocycles. The molecule has 1 aromatic heterocycles. The smallest absolute Gasteiger partial charge is 0.252 e. The van der Waals surface area contributed by atoms with Gasteiger partial charge in [0.25, 0.3) is 5.91 Å². The van der Waals surface area contributed by atoms with Gasteiger partial charge in [-0.05, 0) is 44.0 Å². The van der Waals surface area contributed by atoms with Gasteiger partial charge >= 0.3 is 0 Å².